The number of amides is 1. The van der Waals surface area contributed by atoms with Gasteiger partial charge in [-0.1, -0.05) is 39.0 Å². The van der Waals surface area contributed by atoms with E-state index in [1.54, 1.807) is 37.3 Å². The average molecular weight is 462 g/mol. The van der Waals surface area contributed by atoms with E-state index in [0.717, 1.165) is 4.57 Å². The van der Waals surface area contributed by atoms with E-state index in [2.05, 4.69) is 31.1 Å². The number of rotatable bonds is 7. The molecule has 4 rings (SSSR count). The second-order valence-electron chi connectivity index (χ2n) is 9.01. The first-order valence-electron chi connectivity index (χ1n) is 10.9. The van der Waals surface area contributed by atoms with Gasteiger partial charge in [0.1, 0.15) is 23.9 Å². The summed E-state index contributed by atoms with van der Waals surface area (Å²) in [5, 5.41) is 2.80. The van der Waals surface area contributed by atoms with Crippen LogP contribution in [0.25, 0.3) is 5.65 Å². The summed E-state index contributed by atoms with van der Waals surface area (Å²) in [5.74, 6) is 1.47. The predicted octanol–water partition coefficient (Wildman–Crippen LogP) is 4.49. The van der Waals surface area contributed by atoms with Crippen molar-refractivity contribution in [3.05, 3.63) is 88.0 Å². The Bertz CT molecular complexity index is 1360. The van der Waals surface area contributed by atoms with Crippen molar-refractivity contribution in [3.8, 4) is 11.5 Å². The molecule has 4 aromatic rings. The van der Waals surface area contributed by atoms with Crippen LogP contribution in [0.4, 0.5) is 5.69 Å². The van der Waals surface area contributed by atoms with Crippen LogP contribution in [0.15, 0.2) is 70.0 Å². The number of carbonyl (C=O) groups excluding carboxylic acids is 1. The van der Waals surface area contributed by atoms with Crippen LogP contribution in [-0.4, -0.2) is 22.1 Å². The molecule has 2 aromatic carbocycles. The largest absolute Gasteiger partial charge is 0.487 e. The smallest absolute Gasteiger partial charge is 0.287 e. The first kappa shape index (κ1) is 23.1. The summed E-state index contributed by atoms with van der Waals surface area (Å²) in [5.41, 5.74) is 2.42. The highest BCUT2D eigenvalue weighted by molar-refractivity contribution is 5.92. The van der Waals surface area contributed by atoms with Gasteiger partial charge >= 0.3 is 0 Å². The molecule has 1 N–H and O–H groups in total. The van der Waals surface area contributed by atoms with E-state index in [0.29, 0.717) is 34.3 Å². The predicted molar refractivity (Wildman–Crippen MR) is 129 cm³/mol. The molecule has 0 aliphatic carbocycles. The number of anilines is 1. The molecule has 8 nitrogen and oxygen atoms in total. The van der Waals surface area contributed by atoms with Gasteiger partial charge in [0, 0.05) is 23.9 Å². The molecule has 0 aliphatic rings. The zero-order valence-electron chi connectivity index (χ0n) is 19.6. The molecule has 0 saturated carbocycles. The van der Waals surface area contributed by atoms with Crippen molar-refractivity contribution in [2.45, 2.75) is 39.7 Å². The fourth-order valence-electron chi connectivity index (χ4n) is 3.37. The van der Waals surface area contributed by atoms with Crippen LogP contribution in [0.3, 0.4) is 0 Å². The molecule has 34 heavy (non-hydrogen) atoms. The minimum Gasteiger partial charge on any atom is -0.487 e. The third kappa shape index (κ3) is 5.64. The van der Waals surface area contributed by atoms with Gasteiger partial charge in [0.15, 0.2) is 12.3 Å². The monoisotopic (exact) mass is 461 g/mol. The molecular formula is C26H27N3O5. The normalized spacial score (nSPS) is 11.4. The summed E-state index contributed by atoms with van der Waals surface area (Å²) >= 11 is 0. The van der Waals surface area contributed by atoms with E-state index in [1.807, 2.05) is 24.3 Å². The second-order valence-corrected chi connectivity index (χ2v) is 9.01. The van der Waals surface area contributed by atoms with E-state index in [1.165, 1.54) is 11.6 Å². The Labute approximate surface area is 197 Å². The molecule has 0 bridgehead atoms. The molecule has 0 radical (unpaired) electrons. The van der Waals surface area contributed by atoms with Gasteiger partial charge in [0.2, 0.25) is 0 Å². The highest BCUT2D eigenvalue weighted by Crippen LogP contribution is 2.24. The van der Waals surface area contributed by atoms with E-state index in [-0.39, 0.29) is 30.1 Å². The van der Waals surface area contributed by atoms with Crippen LogP contribution in [-0.2, 0) is 16.8 Å². The zero-order valence-corrected chi connectivity index (χ0v) is 19.6. The lowest BCUT2D eigenvalue weighted by atomic mass is 9.87. The molecule has 0 atom stereocenters. The number of aryl methyl sites for hydroxylation is 1. The Morgan fingerprint density at radius 2 is 1.79 bits per heavy atom. The minimum atomic E-state index is -0.314. The number of ether oxygens (including phenoxy) is 2. The average Bonchev–Trinajstić information content (AvgIpc) is 3.17. The van der Waals surface area contributed by atoms with Crippen molar-refractivity contribution < 1.29 is 18.8 Å². The topological polar surface area (TPSA) is 95.1 Å². The van der Waals surface area contributed by atoms with Crippen molar-refractivity contribution in [2.75, 3.05) is 11.9 Å². The first-order valence-corrected chi connectivity index (χ1v) is 10.9. The van der Waals surface area contributed by atoms with Crippen LogP contribution >= 0.6 is 0 Å². The lowest BCUT2D eigenvalue weighted by Gasteiger charge is -2.19. The van der Waals surface area contributed by atoms with Crippen molar-refractivity contribution in [2.24, 2.45) is 0 Å². The Morgan fingerprint density at radius 1 is 1.03 bits per heavy atom. The SMILES string of the molecule is Cc1cc2nc(COc3cccc(NC(=O)COc4ccc(C(C)(C)C)cc4)c3)cc(=O)n2o1. The summed E-state index contributed by atoms with van der Waals surface area (Å²) in [6, 6.07) is 17.8. The molecule has 0 spiro atoms. The van der Waals surface area contributed by atoms with Crippen molar-refractivity contribution >= 4 is 17.2 Å². The number of hydrogen-bond donors (Lipinski definition) is 1. The Hall–Kier alpha value is -4.07. The third-order valence-corrected chi connectivity index (χ3v) is 5.12. The fourth-order valence-corrected chi connectivity index (χ4v) is 3.37. The maximum atomic E-state index is 12.3. The van der Waals surface area contributed by atoms with E-state index < -0.39 is 0 Å². The van der Waals surface area contributed by atoms with Crippen LogP contribution in [0.2, 0.25) is 0 Å². The Kier molecular flexibility index (Phi) is 6.40. The molecule has 0 saturated heterocycles. The molecule has 2 heterocycles. The lowest BCUT2D eigenvalue weighted by Crippen LogP contribution is -2.20. The van der Waals surface area contributed by atoms with Gasteiger partial charge in [-0.05, 0) is 42.2 Å². The van der Waals surface area contributed by atoms with Gasteiger partial charge in [-0.25, -0.2) is 4.98 Å². The summed E-state index contributed by atoms with van der Waals surface area (Å²) in [7, 11) is 0. The van der Waals surface area contributed by atoms with E-state index >= 15 is 0 Å². The van der Waals surface area contributed by atoms with Crippen LogP contribution in [0, 0.1) is 6.92 Å². The first-order chi connectivity index (χ1) is 16.2. The number of carbonyl (C=O) groups is 1. The minimum absolute atomic E-state index is 0.0559. The van der Waals surface area contributed by atoms with Gasteiger partial charge in [0.05, 0.1) is 5.69 Å². The van der Waals surface area contributed by atoms with Gasteiger partial charge in [-0.3, -0.25) is 9.59 Å². The van der Waals surface area contributed by atoms with Gasteiger partial charge in [0.25, 0.3) is 11.5 Å². The maximum Gasteiger partial charge on any atom is 0.287 e. The van der Waals surface area contributed by atoms with Gasteiger partial charge in [-0.15, -0.1) is 4.57 Å². The summed E-state index contributed by atoms with van der Waals surface area (Å²) in [6.45, 7) is 8.16. The number of aromatic nitrogens is 2. The second kappa shape index (κ2) is 9.43. The number of nitrogens with one attached hydrogen (secondary N) is 1. The zero-order chi connectivity index (χ0) is 24.3. The van der Waals surface area contributed by atoms with E-state index in [9.17, 15) is 9.59 Å². The number of hydrogen-bond acceptors (Lipinski definition) is 6. The molecule has 0 fully saturated rings. The highest BCUT2D eigenvalue weighted by Gasteiger charge is 2.13. The third-order valence-electron chi connectivity index (χ3n) is 5.12. The number of fused-ring (bicyclic) bond motifs is 1. The van der Waals surface area contributed by atoms with Gasteiger partial charge < -0.3 is 19.3 Å². The van der Waals surface area contributed by atoms with E-state index in [4.69, 9.17) is 14.0 Å². The molecule has 176 valence electrons. The molecular weight excluding hydrogens is 434 g/mol. The standard InChI is InChI=1S/C26H27N3O5/c1-17-12-23-27-20(14-25(31)29(23)34-17)15-32-22-7-5-6-19(13-22)28-24(30)16-33-21-10-8-18(9-11-21)26(2,3)4/h5-14H,15-16H2,1-4H3,(H,28,30). The molecule has 0 unspecified atom stereocenters. The Balaban J connectivity index is 1.32. The lowest BCUT2D eigenvalue weighted by molar-refractivity contribution is -0.118. The van der Waals surface area contributed by atoms with Crippen LogP contribution in [0.1, 0.15) is 37.8 Å². The quantitative estimate of drug-likeness (QED) is 0.436. The molecule has 0 aliphatic heterocycles. The van der Waals surface area contributed by atoms with Crippen LogP contribution < -0.4 is 20.3 Å². The van der Waals surface area contributed by atoms with Crippen molar-refractivity contribution in [3.63, 3.8) is 0 Å². The van der Waals surface area contributed by atoms with Crippen molar-refractivity contribution in [1.82, 2.24) is 9.56 Å². The maximum absolute atomic E-state index is 12.3. The highest BCUT2D eigenvalue weighted by atomic mass is 16.5. The number of benzene rings is 2. The van der Waals surface area contributed by atoms with Gasteiger partial charge in [-0.2, -0.15) is 0 Å². The summed E-state index contributed by atoms with van der Waals surface area (Å²) in [6.07, 6.45) is 0. The molecule has 8 heteroatoms. The summed E-state index contributed by atoms with van der Waals surface area (Å²) in [4.78, 5) is 28.8. The summed E-state index contributed by atoms with van der Waals surface area (Å²) < 4.78 is 17.8. The fraction of sp³-hybridized carbons (Fsp3) is 0.269. The molecule has 1 amide bonds. The van der Waals surface area contributed by atoms with Crippen molar-refractivity contribution in [1.29, 1.82) is 0 Å². The Morgan fingerprint density at radius 3 is 2.53 bits per heavy atom. The number of nitrogens with zero attached hydrogens (tertiary/aromatic N) is 2. The molecule has 2 aromatic heterocycles. The van der Waals surface area contributed by atoms with Crippen LogP contribution in [0.5, 0.6) is 11.5 Å².